The monoisotopic (exact) mass is 403 g/mol. The molecule has 2 aromatic rings. The topological polar surface area (TPSA) is 77.0 Å². The third-order valence-electron chi connectivity index (χ3n) is 3.45. The van der Waals surface area contributed by atoms with E-state index in [-0.39, 0.29) is 17.5 Å². The van der Waals surface area contributed by atoms with Gasteiger partial charge in [0.05, 0.1) is 5.75 Å². The summed E-state index contributed by atoms with van der Waals surface area (Å²) in [6, 6.07) is 4.25. The number of amides is 1. The van der Waals surface area contributed by atoms with Gasteiger partial charge in [0.1, 0.15) is 5.82 Å². The first-order chi connectivity index (χ1) is 12.0. The van der Waals surface area contributed by atoms with E-state index in [1.807, 2.05) is 13.8 Å². The first-order valence-electron chi connectivity index (χ1n) is 7.64. The van der Waals surface area contributed by atoms with Crippen LogP contribution in [0.2, 0.25) is 5.02 Å². The molecule has 0 fully saturated rings. The maximum Gasteiger partial charge on any atom is 0.233 e. The number of nitrogens with zero attached hydrogens (tertiary/aromatic N) is 4. The van der Waals surface area contributed by atoms with Crippen LogP contribution >= 0.6 is 35.1 Å². The smallest absolute Gasteiger partial charge is 0.233 e. The summed E-state index contributed by atoms with van der Waals surface area (Å²) in [7, 11) is 0. The molecule has 0 saturated carbocycles. The highest BCUT2D eigenvalue weighted by molar-refractivity contribution is 8.00. The van der Waals surface area contributed by atoms with Gasteiger partial charge in [-0.1, -0.05) is 41.2 Å². The van der Waals surface area contributed by atoms with E-state index in [9.17, 15) is 9.18 Å². The zero-order valence-corrected chi connectivity index (χ0v) is 16.3. The van der Waals surface area contributed by atoms with E-state index >= 15 is 0 Å². The van der Waals surface area contributed by atoms with Crippen LogP contribution in [0.15, 0.2) is 28.5 Å². The Labute approximate surface area is 159 Å². The number of benzene rings is 1. The quantitative estimate of drug-likeness (QED) is 0.539. The minimum Gasteiger partial charge on any atom is -0.343 e. The van der Waals surface area contributed by atoms with E-state index in [1.165, 1.54) is 40.3 Å². The van der Waals surface area contributed by atoms with Crippen LogP contribution in [0.3, 0.4) is 0 Å². The molecule has 25 heavy (non-hydrogen) atoms. The molecule has 0 aliphatic heterocycles. The fourth-order valence-electron chi connectivity index (χ4n) is 2.04. The Morgan fingerprint density at radius 1 is 1.28 bits per heavy atom. The van der Waals surface area contributed by atoms with Crippen LogP contribution in [0.1, 0.15) is 19.4 Å². The van der Waals surface area contributed by atoms with Crippen molar-refractivity contribution in [3.05, 3.63) is 34.6 Å². The molecule has 136 valence electrons. The van der Waals surface area contributed by atoms with Crippen LogP contribution in [0.25, 0.3) is 0 Å². The van der Waals surface area contributed by atoms with Crippen molar-refractivity contribution < 1.29 is 9.18 Å². The molecular formula is C15H19ClFN5OS2. The molecule has 1 amide bonds. The lowest BCUT2D eigenvalue weighted by Gasteiger charge is -2.17. The summed E-state index contributed by atoms with van der Waals surface area (Å²) < 4.78 is 14.4. The van der Waals surface area contributed by atoms with Crippen molar-refractivity contribution in [2.24, 2.45) is 0 Å². The van der Waals surface area contributed by atoms with Crippen molar-refractivity contribution in [1.82, 2.24) is 19.8 Å². The first kappa shape index (κ1) is 19.9. The van der Waals surface area contributed by atoms with Gasteiger partial charge in [-0.15, -0.1) is 10.2 Å². The van der Waals surface area contributed by atoms with Crippen molar-refractivity contribution >= 4 is 41.0 Å². The number of halogens is 2. The Bertz CT molecular complexity index is 739. The Hall–Kier alpha value is -1.45. The van der Waals surface area contributed by atoms with Gasteiger partial charge < -0.3 is 10.7 Å². The van der Waals surface area contributed by atoms with Crippen LogP contribution in [0, 0.1) is 5.82 Å². The van der Waals surface area contributed by atoms with Gasteiger partial charge in [0, 0.05) is 23.9 Å². The minimum absolute atomic E-state index is 0.0327. The molecule has 0 bridgehead atoms. The number of rotatable bonds is 8. The predicted molar refractivity (Wildman–Crippen MR) is 99.8 cm³/mol. The van der Waals surface area contributed by atoms with Gasteiger partial charge in [-0.05, 0) is 31.5 Å². The van der Waals surface area contributed by atoms with Crippen LogP contribution in [-0.4, -0.2) is 44.5 Å². The van der Waals surface area contributed by atoms with Crippen LogP contribution in [0.4, 0.5) is 4.39 Å². The molecule has 1 aromatic heterocycles. The molecule has 0 aliphatic carbocycles. The highest BCUT2D eigenvalue weighted by Gasteiger charge is 2.15. The third-order valence-corrected chi connectivity index (χ3v) is 5.72. The van der Waals surface area contributed by atoms with E-state index in [0.717, 1.165) is 5.56 Å². The molecule has 0 unspecified atom stereocenters. The second-order valence-corrected chi connectivity index (χ2v) is 7.31. The number of thioether (sulfide) groups is 2. The van der Waals surface area contributed by atoms with Crippen molar-refractivity contribution in [1.29, 1.82) is 0 Å². The second-order valence-electron chi connectivity index (χ2n) is 5.01. The maximum atomic E-state index is 13.1. The number of carbonyl (C=O) groups is 1. The number of nitrogen functional groups attached to an aromatic ring is 1. The molecule has 0 radical (unpaired) electrons. The summed E-state index contributed by atoms with van der Waals surface area (Å²) in [5.41, 5.74) is 0.780. The van der Waals surface area contributed by atoms with Gasteiger partial charge in [-0.2, -0.15) is 0 Å². The number of carbonyl (C=O) groups excluding carboxylic acids is 1. The van der Waals surface area contributed by atoms with Gasteiger partial charge in [-0.3, -0.25) is 4.79 Å². The second kappa shape index (κ2) is 9.30. The van der Waals surface area contributed by atoms with Gasteiger partial charge in [0.2, 0.25) is 16.2 Å². The molecule has 0 saturated heterocycles. The lowest BCUT2D eigenvalue weighted by Crippen LogP contribution is -2.32. The lowest BCUT2D eigenvalue weighted by molar-refractivity contribution is -0.127. The largest absolute Gasteiger partial charge is 0.343 e. The van der Waals surface area contributed by atoms with Crippen LogP contribution < -0.4 is 5.84 Å². The SMILES string of the molecule is CCN(CC)C(=O)CSc1nnc(SCc2ccc(F)cc2Cl)n1N. The molecule has 10 heteroatoms. The molecule has 1 aromatic carbocycles. The maximum absolute atomic E-state index is 13.1. The van der Waals surface area contributed by atoms with Crippen LogP contribution in [-0.2, 0) is 10.5 Å². The number of aromatic nitrogens is 3. The molecule has 0 aliphatic rings. The fourth-order valence-corrected chi connectivity index (χ4v) is 4.03. The normalized spacial score (nSPS) is 10.9. The molecule has 0 atom stereocenters. The highest BCUT2D eigenvalue weighted by Crippen LogP contribution is 2.27. The Balaban J connectivity index is 1.95. The molecule has 1 heterocycles. The van der Waals surface area contributed by atoms with Crippen molar-refractivity contribution in [2.75, 3.05) is 24.7 Å². The Kier molecular flexibility index (Phi) is 7.39. The summed E-state index contributed by atoms with van der Waals surface area (Å²) in [6.07, 6.45) is 0. The highest BCUT2D eigenvalue weighted by atomic mass is 35.5. The standard InChI is InChI=1S/C15H19ClFN5OS2/c1-3-21(4-2)13(23)9-25-15-20-19-14(22(15)18)24-8-10-5-6-11(17)7-12(10)16/h5-7H,3-4,8-9,18H2,1-2H3. The zero-order chi connectivity index (χ0) is 18.4. The summed E-state index contributed by atoms with van der Waals surface area (Å²) in [4.78, 5) is 13.8. The van der Waals surface area contributed by atoms with Gasteiger partial charge in [-0.25, -0.2) is 9.07 Å². The Morgan fingerprint density at radius 2 is 1.92 bits per heavy atom. The minimum atomic E-state index is -0.378. The van der Waals surface area contributed by atoms with Crippen molar-refractivity contribution in [3.8, 4) is 0 Å². The van der Waals surface area contributed by atoms with Crippen molar-refractivity contribution in [2.45, 2.75) is 29.9 Å². The summed E-state index contributed by atoms with van der Waals surface area (Å²) >= 11 is 8.59. The molecule has 2 N–H and O–H groups in total. The average Bonchev–Trinajstić information content (AvgIpc) is 2.93. The number of hydrogen-bond acceptors (Lipinski definition) is 6. The van der Waals surface area contributed by atoms with E-state index in [1.54, 1.807) is 11.0 Å². The fraction of sp³-hybridized carbons (Fsp3) is 0.400. The zero-order valence-electron chi connectivity index (χ0n) is 13.9. The van der Waals surface area contributed by atoms with Crippen molar-refractivity contribution in [3.63, 3.8) is 0 Å². The molecule has 6 nitrogen and oxygen atoms in total. The summed E-state index contributed by atoms with van der Waals surface area (Å²) in [5, 5.41) is 9.36. The number of hydrogen-bond donors (Lipinski definition) is 1. The third kappa shape index (κ3) is 5.26. The van der Waals surface area contributed by atoms with E-state index < -0.39 is 0 Å². The van der Waals surface area contributed by atoms with Crippen LogP contribution in [0.5, 0.6) is 0 Å². The van der Waals surface area contributed by atoms with E-state index in [4.69, 9.17) is 17.4 Å². The summed E-state index contributed by atoms with van der Waals surface area (Å²) in [6.45, 7) is 5.22. The molecule has 0 spiro atoms. The number of nitrogens with two attached hydrogens (primary N) is 1. The van der Waals surface area contributed by atoms with Gasteiger partial charge in [0.15, 0.2) is 0 Å². The van der Waals surface area contributed by atoms with Gasteiger partial charge in [0.25, 0.3) is 0 Å². The molecule has 2 rings (SSSR count). The van der Waals surface area contributed by atoms with Gasteiger partial charge >= 0.3 is 0 Å². The molecular weight excluding hydrogens is 385 g/mol. The first-order valence-corrected chi connectivity index (χ1v) is 9.98. The summed E-state index contributed by atoms with van der Waals surface area (Å²) in [5.74, 6) is 6.38. The average molecular weight is 404 g/mol. The van der Waals surface area contributed by atoms with E-state index in [2.05, 4.69) is 10.2 Å². The lowest BCUT2D eigenvalue weighted by atomic mass is 10.2. The predicted octanol–water partition coefficient (Wildman–Crippen LogP) is 3.04. The Morgan fingerprint density at radius 3 is 2.52 bits per heavy atom. The van der Waals surface area contributed by atoms with E-state index in [0.29, 0.717) is 34.2 Å².